The zero-order chi connectivity index (χ0) is 6.57. The van der Waals surface area contributed by atoms with Gasteiger partial charge in [0, 0.05) is 0 Å². The molecule has 1 nitrogen and oxygen atoms in total. The Balaban J connectivity index is 3.18. The maximum Gasteiger partial charge on any atom is 0.108 e. The van der Waals surface area contributed by atoms with E-state index in [9.17, 15) is 0 Å². The Bertz CT molecular complexity index is 89.0. The predicted molar refractivity (Wildman–Crippen MR) is 35.6 cm³/mol. The number of ether oxygens (including phenoxy) is 1. The summed E-state index contributed by atoms with van der Waals surface area (Å²) in [5.41, 5.74) is 1.02. The summed E-state index contributed by atoms with van der Waals surface area (Å²) in [6, 6.07) is 0. The molecule has 0 bridgehead atoms. The minimum Gasteiger partial charge on any atom is -0.495 e. The topological polar surface area (TPSA) is 9.23 Å². The molecule has 0 rings (SSSR count). The largest absolute Gasteiger partial charge is 0.495 e. The highest BCUT2D eigenvalue weighted by Crippen LogP contribution is 1.94. The quantitative estimate of drug-likeness (QED) is 0.401. The highest BCUT2D eigenvalue weighted by molar-refractivity contribution is 4.90. The zero-order valence-electron chi connectivity index (χ0n) is 5.53. The van der Waals surface area contributed by atoms with Crippen LogP contribution in [0.25, 0.3) is 0 Å². The second-order valence-corrected chi connectivity index (χ2v) is 1.95. The van der Waals surface area contributed by atoms with Crippen molar-refractivity contribution in [3.8, 4) is 0 Å². The SMILES string of the molecule is C=C(C)COC(=C)C. The van der Waals surface area contributed by atoms with Gasteiger partial charge >= 0.3 is 0 Å². The minimum absolute atomic E-state index is 0.593. The van der Waals surface area contributed by atoms with Gasteiger partial charge in [0.2, 0.25) is 0 Å². The van der Waals surface area contributed by atoms with Crippen LogP contribution in [0.1, 0.15) is 13.8 Å². The van der Waals surface area contributed by atoms with Crippen molar-refractivity contribution >= 4 is 0 Å². The van der Waals surface area contributed by atoms with E-state index in [0.29, 0.717) is 6.61 Å². The van der Waals surface area contributed by atoms with Crippen molar-refractivity contribution in [2.75, 3.05) is 6.61 Å². The zero-order valence-corrected chi connectivity index (χ0v) is 5.53. The van der Waals surface area contributed by atoms with Gasteiger partial charge in [0.05, 0.1) is 5.76 Å². The predicted octanol–water partition coefficient (Wildman–Crippen LogP) is 2.11. The van der Waals surface area contributed by atoms with Crippen LogP contribution in [-0.4, -0.2) is 6.61 Å². The summed E-state index contributed by atoms with van der Waals surface area (Å²) in [7, 11) is 0. The van der Waals surface area contributed by atoms with Crippen molar-refractivity contribution in [3.63, 3.8) is 0 Å². The third kappa shape index (κ3) is 5.28. The second-order valence-electron chi connectivity index (χ2n) is 1.95. The summed E-state index contributed by atoms with van der Waals surface area (Å²) in [5, 5.41) is 0. The summed E-state index contributed by atoms with van der Waals surface area (Å²) in [4.78, 5) is 0. The van der Waals surface area contributed by atoms with E-state index in [1.54, 1.807) is 0 Å². The van der Waals surface area contributed by atoms with Gasteiger partial charge in [-0.05, 0) is 19.4 Å². The van der Waals surface area contributed by atoms with Crippen molar-refractivity contribution in [2.45, 2.75) is 13.8 Å². The number of hydrogen-bond acceptors (Lipinski definition) is 1. The molecule has 0 aromatic rings. The summed E-state index contributed by atoms with van der Waals surface area (Å²) >= 11 is 0. The van der Waals surface area contributed by atoms with Gasteiger partial charge in [0.25, 0.3) is 0 Å². The summed E-state index contributed by atoms with van der Waals surface area (Å²) in [6.07, 6.45) is 0. The Labute approximate surface area is 50.7 Å². The summed E-state index contributed by atoms with van der Waals surface area (Å²) < 4.78 is 5.01. The van der Waals surface area contributed by atoms with Crippen LogP contribution >= 0.6 is 0 Å². The van der Waals surface area contributed by atoms with Crippen LogP contribution < -0.4 is 0 Å². The third-order valence-corrected chi connectivity index (χ3v) is 0.565. The van der Waals surface area contributed by atoms with E-state index in [0.717, 1.165) is 11.3 Å². The molecule has 1 heteroatoms. The normalized spacial score (nSPS) is 8.25. The Morgan fingerprint density at radius 3 is 2.00 bits per heavy atom. The molecule has 0 spiro atoms. The van der Waals surface area contributed by atoms with E-state index >= 15 is 0 Å². The molecule has 0 aromatic heterocycles. The van der Waals surface area contributed by atoms with Crippen LogP contribution in [0.5, 0.6) is 0 Å². The lowest BCUT2D eigenvalue weighted by Gasteiger charge is -2.01. The van der Waals surface area contributed by atoms with E-state index < -0.39 is 0 Å². The van der Waals surface area contributed by atoms with Crippen LogP contribution in [0, 0.1) is 0 Å². The average Bonchev–Trinajstić information content (AvgIpc) is 1.61. The van der Waals surface area contributed by atoms with Gasteiger partial charge in [0.1, 0.15) is 6.61 Å². The van der Waals surface area contributed by atoms with Crippen LogP contribution in [0.2, 0.25) is 0 Å². The fourth-order valence-corrected chi connectivity index (χ4v) is 0.246. The van der Waals surface area contributed by atoms with Crippen molar-refractivity contribution in [1.82, 2.24) is 0 Å². The molecule has 0 heterocycles. The van der Waals surface area contributed by atoms with Gasteiger partial charge < -0.3 is 4.74 Å². The van der Waals surface area contributed by atoms with Crippen molar-refractivity contribution in [1.29, 1.82) is 0 Å². The molecule has 0 N–H and O–H groups in total. The average molecular weight is 112 g/mol. The van der Waals surface area contributed by atoms with Gasteiger partial charge in [-0.1, -0.05) is 13.2 Å². The molecule has 0 aromatic carbocycles. The van der Waals surface area contributed by atoms with Gasteiger partial charge in [0.15, 0.2) is 0 Å². The molecule has 46 valence electrons. The number of hydrogen-bond donors (Lipinski definition) is 0. The first-order valence-electron chi connectivity index (χ1n) is 2.55. The Morgan fingerprint density at radius 1 is 1.38 bits per heavy atom. The van der Waals surface area contributed by atoms with Crippen molar-refractivity contribution < 1.29 is 4.74 Å². The fraction of sp³-hybridized carbons (Fsp3) is 0.429. The smallest absolute Gasteiger partial charge is 0.108 e. The standard InChI is InChI=1S/C7H12O/c1-6(2)5-8-7(3)4/h1,3,5H2,2,4H3. The molecule has 0 aliphatic carbocycles. The highest BCUT2D eigenvalue weighted by Gasteiger charge is 1.83. The van der Waals surface area contributed by atoms with E-state index in [1.165, 1.54) is 0 Å². The Kier molecular flexibility index (Phi) is 3.01. The molecule has 0 amide bonds. The lowest BCUT2D eigenvalue weighted by atomic mass is 10.4. The number of allylic oxidation sites excluding steroid dienone is 1. The van der Waals surface area contributed by atoms with Gasteiger partial charge in [-0.15, -0.1) is 0 Å². The first-order chi connectivity index (χ1) is 3.63. The molecule has 0 radical (unpaired) electrons. The van der Waals surface area contributed by atoms with Crippen LogP contribution in [0.15, 0.2) is 24.5 Å². The second kappa shape index (κ2) is 3.30. The van der Waals surface area contributed by atoms with E-state index in [-0.39, 0.29) is 0 Å². The van der Waals surface area contributed by atoms with Crippen molar-refractivity contribution in [3.05, 3.63) is 24.5 Å². The molecular weight excluding hydrogens is 100 g/mol. The molecule has 0 unspecified atom stereocenters. The van der Waals surface area contributed by atoms with Crippen LogP contribution in [0.4, 0.5) is 0 Å². The fourth-order valence-electron chi connectivity index (χ4n) is 0.246. The Hall–Kier alpha value is -0.720. The molecule has 0 atom stereocenters. The van der Waals surface area contributed by atoms with E-state index in [1.807, 2.05) is 13.8 Å². The van der Waals surface area contributed by atoms with Crippen LogP contribution in [0.3, 0.4) is 0 Å². The van der Waals surface area contributed by atoms with Gasteiger partial charge in [-0.3, -0.25) is 0 Å². The van der Waals surface area contributed by atoms with Gasteiger partial charge in [-0.25, -0.2) is 0 Å². The number of rotatable bonds is 3. The van der Waals surface area contributed by atoms with Crippen LogP contribution in [-0.2, 0) is 4.74 Å². The first-order valence-corrected chi connectivity index (χ1v) is 2.55. The third-order valence-electron chi connectivity index (χ3n) is 0.565. The Morgan fingerprint density at radius 2 is 1.88 bits per heavy atom. The van der Waals surface area contributed by atoms with E-state index in [2.05, 4.69) is 13.2 Å². The molecule has 0 saturated heterocycles. The maximum atomic E-state index is 5.01. The highest BCUT2D eigenvalue weighted by atomic mass is 16.5. The first kappa shape index (κ1) is 7.28. The summed E-state index contributed by atoms with van der Waals surface area (Å²) in [6.45, 7) is 11.6. The lowest BCUT2D eigenvalue weighted by molar-refractivity contribution is 0.244. The lowest BCUT2D eigenvalue weighted by Crippen LogP contribution is -1.90. The van der Waals surface area contributed by atoms with Crippen molar-refractivity contribution in [2.24, 2.45) is 0 Å². The van der Waals surface area contributed by atoms with Gasteiger partial charge in [-0.2, -0.15) is 0 Å². The maximum absolute atomic E-state index is 5.01. The molecular formula is C7H12O. The molecule has 0 fully saturated rings. The molecule has 8 heavy (non-hydrogen) atoms. The van der Waals surface area contributed by atoms with E-state index in [4.69, 9.17) is 4.74 Å². The molecule has 0 aliphatic heterocycles. The minimum atomic E-state index is 0.593. The summed E-state index contributed by atoms with van der Waals surface area (Å²) in [5.74, 6) is 0.744. The molecule has 0 aliphatic rings. The molecule has 0 saturated carbocycles. The monoisotopic (exact) mass is 112 g/mol.